The van der Waals surface area contributed by atoms with Crippen LogP contribution in [0.15, 0.2) is 66.9 Å². The predicted molar refractivity (Wildman–Crippen MR) is 125 cm³/mol. The van der Waals surface area contributed by atoms with Gasteiger partial charge in [0.2, 0.25) is 5.95 Å². The molecule has 34 heavy (non-hydrogen) atoms. The van der Waals surface area contributed by atoms with Gasteiger partial charge in [0.1, 0.15) is 23.7 Å². The molecule has 5 rings (SSSR count). The Morgan fingerprint density at radius 1 is 1.00 bits per heavy atom. The lowest BCUT2D eigenvalue weighted by Gasteiger charge is -2.18. The summed E-state index contributed by atoms with van der Waals surface area (Å²) in [6.45, 7) is 0.723. The number of hydrogen-bond acceptors (Lipinski definition) is 8. The van der Waals surface area contributed by atoms with E-state index >= 15 is 0 Å². The smallest absolute Gasteiger partial charge is 0.258 e. The van der Waals surface area contributed by atoms with Crippen molar-refractivity contribution < 1.29 is 23.7 Å². The summed E-state index contributed by atoms with van der Waals surface area (Å²) in [4.78, 5) is 21.4. The Kier molecular flexibility index (Phi) is 6.55. The first-order valence-electron chi connectivity index (χ1n) is 11.1. The summed E-state index contributed by atoms with van der Waals surface area (Å²) < 4.78 is 22.9. The second-order valence-electron chi connectivity index (χ2n) is 8.09. The molecule has 0 radical (unpaired) electrons. The van der Waals surface area contributed by atoms with Gasteiger partial charge in [0.05, 0.1) is 38.1 Å². The van der Waals surface area contributed by atoms with E-state index in [0.717, 1.165) is 17.0 Å². The highest BCUT2D eigenvalue weighted by atomic mass is 16.6. The third-order valence-corrected chi connectivity index (χ3v) is 5.87. The lowest BCUT2D eigenvalue weighted by Crippen LogP contribution is -2.46. The molecular weight excluding hydrogens is 436 g/mol. The molecule has 4 atom stereocenters. The molecule has 3 heterocycles. The SMILES string of the molecule is COc1ccccc1-c1ccnc(NC2COC3C(NC(=O)COc4ccccc4)COC23)n1. The Morgan fingerprint density at radius 3 is 2.56 bits per heavy atom. The maximum absolute atomic E-state index is 12.4. The standard InChI is InChI=1S/C25H26N4O5/c1-31-21-10-6-5-9-17(21)18-11-12-26-25(28-18)29-20-14-34-23-19(13-33-24(20)23)27-22(30)15-32-16-7-3-2-4-8-16/h2-12,19-20,23-24H,13-15H2,1H3,(H,27,30)(H,26,28,29). The van der Waals surface area contributed by atoms with Crippen molar-refractivity contribution in [2.24, 2.45) is 0 Å². The monoisotopic (exact) mass is 462 g/mol. The van der Waals surface area contributed by atoms with Crippen molar-refractivity contribution in [1.82, 2.24) is 15.3 Å². The normalized spacial score (nSPS) is 23.2. The van der Waals surface area contributed by atoms with Crippen molar-refractivity contribution in [3.63, 3.8) is 0 Å². The molecule has 2 fully saturated rings. The number of carbonyl (C=O) groups excluding carboxylic acids is 1. The highest BCUT2D eigenvalue weighted by molar-refractivity contribution is 5.78. The zero-order valence-electron chi connectivity index (χ0n) is 18.7. The van der Waals surface area contributed by atoms with Crippen LogP contribution in [0.1, 0.15) is 0 Å². The number of rotatable bonds is 8. The third kappa shape index (κ3) is 4.80. The maximum Gasteiger partial charge on any atom is 0.258 e. The van der Waals surface area contributed by atoms with Crippen LogP contribution in [0, 0.1) is 0 Å². The number of methoxy groups -OCH3 is 1. The van der Waals surface area contributed by atoms with Crippen molar-refractivity contribution in [1.29, 1.82) is 0 Å². The van der Waals surface area contributed by atoms with Crippen LogP contribution in [0.5, 0.6) is 11.5 Å². The highest BCUT2D eigenvalue weighted by Crippen LogP contribution is 2.30. The van der Waals surface area contributed by atoms with Gasteiger partial charge < -0.3 is 29.6 Å². The number of anilines is 1. The van der Waals surface area contributed by atoms with E-state index in [1.807, 2.05) is 60.7 Å². The minimum atomic E-state index is -0.254. The van der Waals surface area contributed by atoms with Gasteiger partial charge in [-0.2, -0.15) is 0 Å². The first-order chi connectivity index (χ1) is 16.7. The molecule has 2 saturated heterocycles. The molecule has 0 saturated carbocycles. The molecule has 9 nitrogen and oxygen atoms in total. The van der Waals surface area contributed by atoms with Crippen LogP contribution >= 0.6 is 0 Å². The number of ether oxygens (including phenoxy) is 4. The van der Waals surface area contributed by atoms with Crippen LogP contribution in [0.3, 0.4) is 0 Å². The van der Waals surface area contributed by atoms with Crippen LogP contribution in [-0.4, -0.2) is 67.1 Å². The highest BCUT2D eigenvalue weighted by Gasteiger charge is 2.48. The molecule has 1 aromatic heterocycles. The van der Waals surface area contributed by atoms with Crippen LogP contribution in [0.4, 0.5) is 5.95 Å². The summed E-state index contributed by atoms with van der Waals surface area (Å²) in [6, 6.07) is 18.4. The molecule has 0 bridgehead atoms. The number of carbonyl (C=O) groups is 1. The van der Waals surface area contributed by atoms with Gasteiger partial charge in [-0.25, -0.2) is 9.97 Å². The Hall–Kier alpha value is -3.69. The van der Waals surface area contributed by atoms with Gasteiger partial charge in [-0.15, -0.1) is 0 Å². The lowest BCUT2D eigenvalue weighted by atomic mass is 10.1. The van der Waals surface area contributed by atoms with E-state index in [9.17, 15) is 4.79 Å². The van der Waals surface area contributed by atoms with Crippen molar-refractivity contribution in [3.8, 4) is 22.8 Å². The number of aromatic nitrogens is 2. The molecule has 1 amide bonds. The van der Waals surface area contributed by atoms with Crippen LogP contribution < -0.4 is 20.1 Å². The quantitative estimate of drug-likeness (QED) is 0.526. The zero-order valence-corrected chi connectivity index (χ0v) is 18.7. The van der Waals surface area contributed by atoms with Crippen molar-refractivity contribution in [3.05, 3.63) is 66.9 Å². The van der Waals surface area contributed by atoms with Crippen molar-refractivity contribution in [2.45, 2.75) is 24.3 Å². The average Bonchev–Trinajstić information content (AvgIpc) is 3.47. The molecular formula is C25H26N4O5. The van der Waals surface area contributed by atoms with Gasteiger partial charge in [0.15, 0.2) is 6.61 Å². The van der Waals surface area contributed by atoms with Gasteiger partial charge in [-0.1, -0.05) is 30.3 Å². The third-order valence-electron chi connectivity index (χ3n) is 5.87. The molecule has 0 spiro atoms. The van der Waals surface area contributed by atoms with Crippen LogP contribution in [0.2, 0.25) is 0 Å². The molecule has 2 aliphatic rings. The number of hydrogen-bond donors (Lipinski definition) is 2. The Balaban J connectivity index is 1.18. The first-order valence-corrected chi connectivity index (χ1v) is 11.1. The number of para-hydroxylation sites is 2. The zero-order chi connectivity index (χ0) is 23.3. The van der Waals surface area contributed by atoms with Gasteiger partial charge in [0, 0.05) is 11.8 Å². The summed E-state index contributed by atoms with van der Waals surface area (Å²) in [7, 11) is 1.63. The fraction of sp³-hybridized carbons (Fsp3) is 0.320. The number of amides is 1. The molecule has 2 aliphatic heterocycles. The molecule has 4 unspecified atom stereocenters. The van der Waals surface area contributed by atoms with Gasteiger partial charge in [0.25, 0.3) is 5.91 Å². The van der Waals surface area contributed by atoms with E-state index in [1.54, 1.807) is 13.3 Å². The van der Waals surface area contributed by atoms with Crippen molar-refractivity contribution in [2.75, 3.05) is 32.2 Å². The minimum Gasteiger partial charge on any atom is -0.496 e. The first kappa shape index (κ1) is 22.1. The van der Waals surface area contributed by atoms with Crippen molar-refractivity contribution >= 4 is 11.9 Å². The van der Waals surface area contributed by atoms with Gasteiger partial charge in [-0.3, -0.25) is 4.79 Å². The van der Waals surface area contributed by atoms with Gasteiger partial charge >= 0.3 is 0 Å². The number of nitrogens with zero attached hydrogens (tertiary/aromatic N) is 2. The Bertz CT molecular complexity index is 1130. The second kappa shape index (κ2) is 10.1. The largest absolute Gasteiger partial charge is 0.496 e. The fourth-order valence-electron chi connectivity index (χ4n) is 4.26. The maximum atomic E-state index is 12.4. The number of nitrogens with one attached hydrogen (secondary N) is 2. The minimum absolute atomic E-state index is 0.0663. The number of fused-ring (bicyclic) bond motifs is 1. The van der Waals surface area contributed by atoms with E-state index in [2.05, 4.69) is 20.6 Å². The molecule has 3 aromatic rings. The second-order valence-corrected chi connectivity index (χ2v) is 8.09. The van der Waals surface area contributed by atoms with E-state index in [1.165, 1.54) is 0 Å². The van der Waals surface area contributed by atoms with Crippen LogP contribution in [-0.2, 0) is 14.3 Å². The van der Waals surface area contributed by atoms with E-state index < -0.39 is 0 Å². The van der Waals surface area contributed by atoms with Gasteiger partial charge in [-0.05, 0) is 30.3 Å². The summed E-state index contributed by atoms with van der Waals surface area (Å²) in [5, 5.41) is 6.29. The van der Waals surface area contributed by atoms with Crippen LogP contribution in [0.25, 0.3) is 11.3 Å². The predicted octanol–water partition coefficient (Wildman–Crippen LogP) is 2.29. The summed E-state index contributed by atoms with van der Waals surface area (Å²) in [6.07, 6.45) is 1.23. The van der Waals surface area contributed by atoms with E-state index in [4.69, 9.17) is 18.9 Å². The summed E-state index contributed by atoms with van der Waals surface area (Å²) >= 11 is 0. The molecule has 176 valence electrons. The molecule has 2 N–H and O–H groups in total. The molecule has 2 aromatic carbocycles. The summed E-state index contributed by atoms with van der Waals surface area (Å²) in [5.41, 5.74) is 1.63. The van der Waals surface area contributed by atoms with E-state index in [-0.39, 0.29) is 36.8 Å². The molecule has 0 aliphatic carbocycles. The lowest BCUT2D eigenvalue weighted by molar-refractivity contribution is -0.124. The molecule has 9 heteroatoms. The average molecular weight is 463 g/mol. The van der Waals surface area contributed by atoms with E-state index in [0.29, 0.717) is 24.9 Å². The summed E-state index contributed by atoms with van der Waals surface area (Å²) in [5.74, 6) is 1.65. The fourth-order valence-corrected chi connectivity index (χ4v) is 4.26. The Morgan fingerprint density at radius 2 is 1.74 bits per heavy atom. The number of benzene rings is 2. The topological polar surface area (TPSA) is 104 Å². The Labute approximate surface area is 197 Å².